The van der Waals surface area contributed by atoms with E-state index in [2.05, 4.69) is 10.2 Å². The van der Waals surface area contributed by atoms with Crippen LogP contribution in [0, 0.1) is 5.92 Å². The lowest BCUT2D eigenvalue weighted by Crippen LogP contribution is -2.45. The highest BCUT2D eigenvalue weighted by molar-refractivity contribution is 4.86. The summed E-state index contributed by atoms with van der Waals surface area (Å²) < 4.78 is 5.86. The molecule has 0 spiro atoms. The Hall–Kier alpha value is -0.120. The molecule has 3 rings (SSSR count). The summed E-state index contributed by atoms with van der Waals surface area (Å²) in [7, 11) is 0. The summed E-state index contributed by atoms with van der Waals surface area (Å²) in [5.41, 5.74) is 0. The summed E-state index contributed by atoms with van der Waals surface area (Å²) in [6.07, 6.45) is 6.45. The van der Waals surface area contributed by atoms with Crippen molar-refractivity contribution in [2.75, 3.05) is 32.7 Å². The topological polar surface area (TPSA) is 24.5 Å². The number of piperidine rings is 1. The van der Waals surface area contributed by atoms with Crippen LogP contribution in [-0.4, -0.2) is 49.8 Å². The summed E-state index contributed by atoms with van der Waals surface area (Å²) in [4.78, 5) is 2.65. The maximum atomic E-state index is 5.86. The van der Waals surface area contributed by atoms with Crippen molar-refractivity contribution in [2.24, 2.45) is 5.92 Å². The fraction of sp³-hybridized carbons (Fsp3) is 1.00. The van der Waals surface area contributed by atoms with E-state index in [1.807, 2.05) is 0 Å². The van der Waals surface area contributed by atoms with E-state index >= 15 is 0 Å². The van der Waals surface area contributed by atoms with E-state index in [0.29, 0.717) is 12.2 Å². The molecule has 86 valence electrons. The summed E-state index contributed by atoms with van der Waals surface area (Å²) >= 11 is 0. The van der Waals surface area contributed by atoms with E-state index in [4.69, 9.17) is 4.74 Å². The third kappa shape index (κ3) is 2.35. The van der Waals surface area contributed by atoms with Gasteiger partial charge in [-0.3, -0.25) is 4.90 Å². The van der Waals surface area contributed by atoms with Crippen molar-refractivity contribution < 1.29 is 4.74 Å². The van der Waals surface area contributed by atoms with Gasteiger partial charge in [0.15, 0.2) is 0 Å². The highest BCUT2D eigenvalue weighted by Gasteiger charge is 2.34. The SMILES string of the molecule is C1CC(CN2CC3CCC(C2)O3)CCN1. The number of hydrogen-bond acceptors (Lipinski definition) is 3. The second kappa shape index (κ2) is 4.40. The quantitative estimate of drug-likeness (QED) is 0.731. The second-order valence-corrected chi connectivity index (χ2v) is 5.37. The van der Waals surface area contributed by atoms with Crippen molar-refractivity contribution in [2.45, 2.75) is 37.9 Å². The van der Waals surface area contributed by atoms with Crippen molar-refractivity contribution in [3.05, 3.63) is 0 Å². The number of nitrogens with zero attached hydrogens (tertiary/aromatic N) is 1. The lowest BCUT2D eigenvalue weighted by molar-refractivity contribution is -0.0435. The van der Waals surface area contributed by atoms with E-state index in [-0.39, 0.29) is 0 Å². The van der Waals surface area contributed by atoms with Crippen LogP contribution in [0.2, 0.25) is 0 Å². The Kier molecular flexibility index (Phi) is 2.95. The molecule has 15 heavy (non-hydrogen) atoms. The Labute approximate surface area is 92.2 Å². The molecule has 3 aliphatic heterocycles. The van der Waals surface area contributed by atoms with Gasteiger partial charge in [-0.25, -0.2) is 0 Å². The summed E-state index contributed by atoms with van der Waals surface area (Å²) in [5, 5.41) is 3.44. The zero-order valence-electron chi connectivity index (χ0n) is 9.45. The number of likely N-dealkylation sites (tertiary alicyclic amines) is 1. The molecule has 3 fully saturated rings. The first-order chi connectivity index (χ1) is 7.40. The minimum atomic E-state index is 0.561. The van der Waals surface area contributed by atoms with Gasteiger partial charge in [-0.15, -0.1) is 0 Å². The first kappa shape index (κ1) is 10.1. The van der Waals surface area contributed by atoms with E-state index in [0.717, 1.165) is 5.92 Å². The van der Waals surface area contributed by atoms with Crippen molar-refractivity contribution in [1.82, 2.24) is 10.2 Å². The van der Waals surface area contributed by atoms with Gasteiger partial charge in [0.2, 0.25) is 0 Å². The Balaban J connectivity index is 1.50. The number of fused-ring (bicyclic) bond motifs is 2. The lowest BCUT2D eigenvalue weighted by Gasteiger charge is -2.35. The first-order valence-electron chi connectivity index (χ1n) is 6.48. The molecular weight excluding hydrogens is 188 g/mol. The van der Waals surface area contributed by atoms with E-state index in [1.54, 1.807) is 0 Å². The van der Waals surface area contributed by atoms with Gasteiger partial charge in [0.1, 0.15) is 0 Å². The Morgan fingerprint density at radius 1 is 1.00 bits per heavy atom. The molecule has 1 N–H and O–H groups in total. The lowest BCUT2D eigenvalue weighted by atomic mass is 9.97. The van der Waals surface area contributed by atoms with Gasteiger partial charge in [-0.2, -0.15) is 0 Å². The van der Waals surface area contributed by atoms with Gasteiger partial charge in [-0.05, 0) is 44.7 Å². The summed E-state index contributed by atoms with van der Waals surface area (Å²) in [6.45, 7) is 6.16. The Bertz CT molecular complexity index is 204. The Morgan fingerprint density at radius 3 is 2.33 bits per heavy atom. The highest BCUT2D eigenvalue weighted by atomic mass is 16.5. The minimum Gasteiger partial charge on any atom is -0.372 e. The molecule has 2 bridgehead atoms. The molecular formula is C12H22N2O. The number of morpholine rings is 1. The standard InChI is InChI=1S/C12H22N2O/c1-2-12-9-14(8-11(1)15-12)7-10-3-5-13-6-4-10/h10-13H,1-9H2. The van der Waals surface area contributed by atoms with Gasteiger partial charge in [0, 0.05) is 19.6 Å². The molecule has 2 atom stereocenters. The molecule has 0 aromatic carbocycles. The van der Waals surface area contributed by atoms with Crippen LogP contribution in [0.25, 0.3) is 0 Å². The average Bonchev–Trinajstić information content (AvgIpc) is 2.60. The Morgan fingerprint density at radius 2 is 1.67 bits per heavy atom. The fourth-order valence-electron chi connectivity index (χ4n) is 3.28. The maximum Gasteiger partial charge on any atom is 0.0707 e. The largest absolute Gasteiger partial charge is 0.372 e. The molecule has 0 aliphatic carbocycles. The summed E-state index contributed by atoms with van der Waals surface area (Å²) in [6, 6.07) is 0. The number of nitrogens with one attached hydrogen (secondary N) is 1. The van der Waals surface area contributed by atoms with Gasteiger partial charge in [0.05, 0.1) is 12.2 Å². The molecule has 3 heteroatoms. The van der Waals surface area contributed by atoms with E-state index < -0.39 is 0 Å². The first-order valence-corrected chi connectivity index (χ1v) is 6.48. The molecule has 0 aromatic rings. The maximum absolute atomic E-state index is 5.86. The van der Waals surface area contributed by atoms with Crippen LogP contribution < -0.4 is 5.32 Å². The fourth-order valence-corrected chi connectivity index (χ4v) is 3.28. The second-order valence-electron chi connectivity index (χ2n) is 5.37. The van der Waals surface area contributed by atoms with Crippen LogP contribution in [0.3, 0.4) is 0 Å². The molecule has 0 amide bonds. The predicted molar refractivity (Wildman–Crippen MR) is 59.9 cm³/mol. The number of ether oxygens (including phenoxy) is 1. The van der Waals surface area contributed by atoms with E-state index in [9.17, 15) is 0 Å². The molecule has 3 aliphatic rings. The van der Waals surface area contributed by atoms with Crippen molar-refractivity contribution in [3.63, 3.8) is 0 Å². The summed E-state index contributed by atoms with van der Waals surface area (Å²) in [5.74, 6) is 0.934. The van der Waals surface area contributed by atoms with Crippen LogP contribution in [0.15, 0.2) is 0 Å². The van der Waals surface area contributed by atoms with Gasteiger partial charge < -0.3 is 10.1 Å². The highest BCUT2D eigenvalue weighted by Crippen LogP contribution is 2.27. The predicted octanol–water partition coefficient (Wildman–Crippen LogP) is 0.849. The number of rotatable bonds is 2. The van der Waals surface area contributed by atoms with Crippen LogP contribution in [0.5, 0.6) is 0 Å². The minimum absolute atomic E-state index is 0.561. The molecule has 0 saturated carbocycles. The molecule has 0 radical (unpaired) electrons. The molecule has 3 heterocycles. The molecule has 3 saturated heterocycles. The number of hydrogen-bond donors (Lipinski definition) is 1. The van der Waals surface area contributed by atoms with Crippen LogP contribution in [-0.2, 0) is 4.74 Å². The van der Waals surface area contributed by atoms with E-state index in [1.165, 1.54) is 58.4 Å². The van der Waals surface area contributed by atoms with Crippen molar-refractivity contribution in [3.8, 4) is 0 Å². The average molecular weight is 210 g/mol. The zero-order valence-corrected chi connectivity index (χ0v) is 9.45. The van der Waals surface area contributed by atoms with Crippen LogP contribution >= 0.6 is 0 Å². The van der Waals surface area contributed by atoms with Crippen molar-refractivity contribution in [1.29, 1.82) is 0 Å². The third-order valence-electron chi connectivity index (χ3n) is 4.09. The smallest absolute Gasteiger partial charge is 0.0707 e. The molecule has 3 nitrogen and oxygen atoms in total. The van der Waals surface area contributed by atoms with Crippen LogP contribution in [0.1, 0.15) is 25.7 Å². The molecule has 2 unspecified atom stereocenters. The zero-order chi connectivity index (χ0) is 10.1. The van der Waals surface area contributed by atoms with Gasteiger partial charge in [0.25, 0.3) is 0 Å². The van der Waals surface area contributed by atoms with Gasteiger partial charge >= 0.3 is 0 Å². The third-order valence-corrected chi connectivity index (χ3v) is 4.09. The van der Waals surface area contributed by atoms with Crippen LogP contribution in [0.4, 0.5) is 0 Å². The molecule has 0 aromatic heterocycles. The normalized spacial score (nSPS) is 38.4. The van der Waals surface area contributed by atoms with Gasteiger partial charge in [-0.1, -0.05) is 0 Å². The monoisotopic (exact) mass is 210 g/mol. The van der Waals surface area contributed by atoms with Crippen molar-refractivity contribution >= 4 is 0 Å².